The number of nitrogens with zero attached hydrogens (tertiary/aromatic N) is 5. The minimum atomic E-state index is -3.62. The van der Waals surface area contributed by atoms with Crippen LogP contribution >= 0.6 is 0 Å². The summed E-state index contributed by atoms with van der Waals surface area (Å²) in [5.74, 6) is -0.0496. The number of benzene rings is 2. The molecule has 2 heterocycles. The molecule has 4 rings (SSSR count). The third kappa shape index (κ3) is 4.88. The highest BCUT2D eigenvalue weighted by atomic mass is 32.2. The first-order chi connectivity index (χ1) is 16.8. The van der Waals surface area contributed by atoms with Gasteiger partial charge in [-0.1, -0.05) is 32.0 Å². The first kappa shape index (κ1) is 24.0. The average molecular weight is 494 g/mol. The van der Waals surface area contributed by atoms with Crippen LogP contribution in [-0.4, -0.2) is 45.7 Å². The number of fused-ring (bicyclic) bond motifs is 1. The predicted octanol–water partition coefficient (Wildman–Crippen LogP) is 4.45. The third-order valence-corrected chi connectivity index (χ3v) is 7.42. The Labute approximate surface area is 202 Å². The standard InChI is InChI=1S/C23H23N7O4S/c1-3-29(4-2)35(33,34)18-12-10-17(11-13-18)27-22-21(30(31)32)23(26-15-25-22)28-19-9-5-7-16-8-6-14-24-20(16)19/h5-15H,3-4H2,1-2H3,(H2,25,26,27,28). The van der Waals surface area contributed by atoms with E-state index in [0.29, 0.717) is 30.0 Å². The van der Waals surface area contributed by atoms with Crippen molar-refractivity contribution < 1.29 is 13.3 Å². The monoisotopic (exact) mass is 493 g/mol. The van der Waals surface area contributed by atoms with Gasteiger partial charge in [-0.3, -0.25) is 15.1 Å². The predicted molar refractivity (Wildman–Crippen MR) is 134 cm³/mol. The zero-order valence-electron chi connectivity index (χ0n) is 19.0. The molecule has 11 nitrogen and oxygen atoms in total. The summed E-state index contributed by atoms with van der Waals surface area (Å²) in [6.07, 6.45) is 2.84. The Balaban J connectivity index is 1.65. The molecule has 0 atom stereocenters. The highest BCUT2D eigenvalue weighted by molar-refractivity contribution is 7.89. The molecule has 0 spiro atoms. The van der Waals surface area contributed by atoms with Gasteiger partial charge in [0.2, 0.25) is 21.7 Å². The van der Waals surface area contributed by atoms with E-state index in [1.165, 1.54) is 34.9 Å². The maximum absolute atomic E-state index is 12.7. The molecule has 2 N–H and O–H groups in total. The number of hydrogen-bond acceptors (Lipinski definition) is 9. The fourth-order valence-electron chi connectivity index (χ4n) is 3.63. The van der Waals surface area contributed by atoms with Crippen molar-refractivity contribution in [2.75, 3.05) is 23.7 Å². The summed E-state index contributed by atoms with van der Waals surface area (Å²) in [5.41, 5.74) is 1.27. The summed E-state index contributed by atoms with van der Waals surface area (Å²) in [5, 5.41) is 18.7. The summed E-state index contributed by atoms with van der Waals surface area (Å²) in [6.45, 7) is 4.25. The maximum atomic E-state index is 12.7. The molecule has 0 amide bonds. The van der Waals surface area contributed by atoms with Crippen LogP contribution in [0.3, 0.4) is 0 Å². The average Bonchev–Trinajstić information content (AvgIpc) is 2.85. The van der Waals surface area contributed by atoms with Gasteiger partial charge in [0.1, 0.15) is 6.33 Å². The molecule has 0 saturated carbocycles. The lowest BCUT2D eigenvalue weighted by atomic mass is 10.2. The number of hydrogen-bond donors (Lipinski definition) is 2. The Morgan fingerprint density at radius 2 is 1.57 bits per heavy atom. The minimum Gasteiger partial charge on any atom is -0.334 e. The van der Waals surface area contributed by atoms with E-state index in [1.54, 1.807) is 32.2 Å². The Hall–Kier alpha value is -4.16. The number of para-hydroxylation sites is 1. The van der Waals surface area contributed by atoms with Crippen molar-refractivity contribution in [2.45, 2.75) is 18.7 Å². The van der Waals surface area contributed by atoms with Gasteiger partial charge in [0.05, 0.1) is 21.0 Å². The highest BCUT2D eigenvalue weighted by Gasteiger charge is 2.25. The molecule has 0 aliphatic rings. The van der Waals surface area contributed by atoms with E-state index in [1.807, 2.05) is 18.2 Å². The lowest BCUT2D eigenvalue weighted by molar-refractivity contribution is -0.383. The molecule has 2 aromatic heterocycles. The Bertz CT molecular complexity index is 1470. The molecule has 12 heteroatoms. The van der Waals surface area contributed by atoms with Crippen LogP contribution in [0.1, 0.15) is 13.8 Å². The molecule has 180 valence electrons. The van der Waals surface area contributed by atoms with Crippen molar-refractivity contribution in [1.29, 1.82) is 0 Å². The molecular formula is C23H23N7O4S. The van der Waals surface area contributed by atoms with Gasteiger partial charge >= 0.3 is 5.69 Å². The maximum Gasteiger partial charge on any atom is 0.353 e. The molecule has 0 aliphatic carbocycles. The van der Waals surface area contributed by atoms with Gasteiger partial charge in [-0.2, -0.15) is 4.31 Å². The minimum absolute atomic E-state index is 0.00798. The number of pyridine rings is 1. The van der Waals surface area contributed by atoms with Crippen LogP contribution in [-0.2, 0) is 10.0 Å². The topological polar surface area (TPSA) is 143 Å². The first-order valence-electron chi connectivity index (χ1n) is 10.8. The molecule has 0 bridgehead atoms. The summed E-state index contributed by atoms with van der Waals surface area (Å²) < 4.78 is 26.8. The van der Waals surface area contributed by atoms with E-state index in [-0.39, 0.29) is 22.2 Å². The molecule has 0 unspecified atom stereocenters. The first-order valence-corrected chi connectivity index (χ1v) is 12.3. The Morgan fingerprint density at radius 3 is 2.23 bits per heavy atom. The van der Waals surface area contributed by atoms with Gasteiger partial charge in [0.15, 0.2) is 0 Å². The molecule has 0 saturated heterocycles. The van der Waals surface area contributed by atoms with Crippen LogP contribution in [0.15, 0.2) is 72.0 Å². The van der Waals surface area contributed by atoms with E-state index in [9.17, 15) is 18.5 Å². The van der Waals surface area contributed by atoms with Gasteiger partial charge in [0, 0.05) is 30.4 Å². The van der Waals surface area contributed by atoms with Crippen LogP contribution < -0.4 is 10.6 Å². The second kappa shape index (κ2) is 9.99. The van der Waals surface area contributed by atoms with Gasteiger partial charge in [-0.05, 0) is 36.4 Å². The van der Waals surface area contributed by atoms with Crippen LogP contribution in [0.25, 0.3) is 10.9 Å². The normalized spacial score (nSPS) is 11.5. The summed E-state index contributed by atoms with van der Waals surface area (Å²) in [7, 11) is -3.62. The van der Waals surface area contributed by atoms with Crippen molar-refractivity contribution in [1.82, 2.24) is 19.3 Å². The lowest BCUT2D eigenvalue weighted by Gasteiger charge is -2.18. The van der Waals surface area contributed by atoms with E-state index < -0.39 is 14.9 Å². The molecule has 2 aromatic carbocycles. The lowest BCUT2D eigenvalue weighted by Crippen LogP contribution is -2.30. The molecule has 0 aliphatic heterocycles. The van der Waals surface area contributed by atoms with Crippen molar-refractivity contribution in [3.05, 3.63) is 77.2 Å². The quantitative estimate of drug-likeness (QED) is 0.255. The molecule has 4 aromatic rings. The number of anilines is 4. The molecular weight excluding hydrogens is 470 g/mol. The van der Waals surface area contributed by atoms with Crippen LogP contribution in [0, 0.1) is 10.1 Å². The van der Waals surface area contributed by atoms with Crippen molar-refractivity contribution in [3.63, 3.8) is 0 Å². The number of aromatic nitrogens is 3. The number of sulfonamides is 1. The fraction of sp³-hybridized carbons (Fsp3) is 0.174. The van der Waals surface area contributed by atoms with E-state index in [2.05, 4.69) is 25.6 Å². The zero-order chi connectivity index (χ0) is 25.0. The summed E-state index contributed by atoms with van der Waals surface area (Å²) in [6, 6.07) is 15.1. The summed E-state index contributed by atoms with van der Waals surface area (Å²) in [4.78, 5) is 24.0. The number of rotatable bonds is 9. The Kier molecular flexibility index (Phi) is 6.85. The van der Waals surface area contributed by atoms with E-state index >= 15 is 0 Å². The number of nitrogens with one attached hydrogen (secondary N) is 2. The van der Waals surface area contributed by atoms with Crippen molar-refractivity contribution >= 4 is 49.6 Å². The fourth-order valence-corrected chi connectivity index (χ4v) is 5.08. The van der Waals surface area contributed by atoms with E-state index in [0.717, 1.165) is 5.39 Å². The van der Waals surface area contributed by atoms with Crippen molar-refractivity contribution in [3.8, 4) is 0 Å². The van der Waals surface area contributed by atoms with Gasteiger partial charge < -0.3 is 10.6 Å². The second-order valence-corrected chi connectivity index (χ2v) is 9.36. The smallest absolute Gasteiger partial charge is 0.334 e. The zero-order valence-corrected chi connectivity index (χ0v) is 19.9. The van der Waals surface area contributed by atoms with Crippen LogP contribution in [0.4, 0.5) is 28.7 Å². The largest absolute Gasteiger partial charge is 0.353 e. The molecule has 0 fully saturated rings. The SMILES string of the molecule is CCN(CC)S(=O)(=O)c1ccc(Nc2ncnc(Nc3cccc4cccnc34)c2[N+](=O)[O-])cc1. The third-order valence-electron chi connectivity index (χ3n) is 5.35. The molecule has 0 radical (unpaired) electrons. The van der Waals surface area contributed by atoms with Crippen LogP contribution in [0.2, 0.25) is 0 Å². The summed E-state index contributed by atoms with van der Waals surface area (Å²) >= 11 is 0. The highest BCUT2D eigenvalue weighted by Crippen LogP contribution is 2.34. The van der Waals surface area contributed by atoms with Gasteiger partial charge in [0.25, 0.3) is 0 Å². The van der Waals surface area contributed by atoms with Crippen molar-refractivity contribution in [2.24, 2.45) is 0 Å². The Morgan fingerprint density at radius 1 is 0.914 bits per heavy atom. The van der Waals surface area contributed by atoms with Crippen LogP contribution in [0.5, 0.6) is 0 Å². The van der Waals surface area contributed by atoms with Gasteiger partial charge in [-0.25, -0.2) is 18.4 Å². The number of nitro groups is 1. The second-order valence-electron chi connectivity index (χ2n) is 7.42. The van der Waals surface area contributed by atoms with Gasteiger partial charge in [-0.15, -0.1) is 0 Å². The molecule has 35 heavy (non-hydrogen) atoms. The van der Waals surface area contributed by atoms with E-state index in [4.69, 9.17) is 0 Å².